The first-order chi connectivity index (χ1) is 9.15. The molecule has 0 radical (unpaired) electrons. The average molecular weight is 320 g/mol. The molecular formula is C15H18BrN3. The van der Waals surface area contributed by atoms with Crippen LogP contribution in [0.4, 0.5) is 5.82 Å². The molecule has 2 heterocycles. The maximum atomic E-state index is 5.99. The third-order valence-electron chi connectivity index (χ3n) is 3.77. The van der Waals surface area contributed by atoms with Gasteiger partial charge < -0.3 is 10.6 Å². The molecule has 1 aromatic carbocycles. The topological polar surface area (TPSA) is 42.1 Å². The molecule has 0 saturated carbocycles. The second kappa shape index (κ2) is 5.10. The van der Waals surface area contributed by atoms with Gasteiger partial charge in [0.05, 0.1) is 0 Å². The first kappa shape index (κ1) is 12.9. The van der Waals surface area contributed by atoms with E-state index in [0.29, 0.717) is 6.04 Å². The second-order valence-electron chi connectivity index (χ2n) is 5.25. The molecule has 1 fully saturated rings. The lowest BCUT2D eigenvalue weighted by atomic mass is 10.0. The van der Waals surface area contributed by atoms with Crippen LogP contribution in [-0.4, -0.2) is 24.1 Å². The van der Waals surface area contributed by atoms with Crippen molar-refractivity contribution in [2.45, 2.75) is 25.8 Å². The first-order valence-electron chi connectivity index (χ1n) is 6.71. The number of anilines is 1. The summed E-state index contributed by atoms with van der Waals surface area (Å²) in [6, 6.07) is 8.79. The van der Waals surface area contributed by atoms with Crippen LogP contribution in [0.25, 0.3) is 10.8 Å². The monoisotopic (exact) mass is 319 g/mol. The highest BCUT2D eigenvalue weighted by Gasteiger charge is 2.19. The van der Waals surface area contributed by atoms with Crippen molar-refractivity contribution in [3.8, 4) is 0 Å². The standard InChI is InChI=1S/C15H18BrN3/c1-10-9-13-12(3-2-4-14(13)16)15(18-10)19-7-5-11(17)6-8-19/h2-4,9,11H,5-8,17H2,1H3. The van der Waals surface area contributed by atoms with Crippen LogP contribution in [-0.2, 0) is 0 Å². The fraction of sp³-hybridized carbons (Fsp3) is 0.400. The van der Waals surface area contributed by atoms with Gasteiger partial charge in [-0.3, -0.25) is 0 Å². The Labute approximate surface area is 121 Å². The van der Waals surface area contributed by atoms with Crippen molar-refractivity contribution in [3.63, 3.8) is 0 Å². The summed E-state index contributed by atoms with van der Waals surface area (Å²) in [7, 11) is 0. The van der Waals surface area contributed by atoms with E-state index in [1.54, 1.807) is 0 Å². The molecule has 0 spiro atoms. The van der Waals surface area contributed by atoms with Gasteiger partial charge in [-0.2, -0.15) is 0 Å². The molecule has 0 amide bonds. The summed E-state index contributed by atoms with van der Waals surface area (Å²) in [5.41, 5.74) is 7.05. The van der Waals surface area contributed by atoms with E-state index in [-0.39, 0.29) is 0 Å². The van der Waals surface area contributed by atoms with E-state index in [1.165, 1.54) is 10.8 Å². The minimum absolute atomic E-state index is 0.346. The number of hydrogen-bond acceptors (Lipinski definition) is 3. The average Bonchev–Trinajstić information content (AvgIpc) is 2.40. The molecule has 3 nitrogen and oxygen atoms in total. The SMILES string of the molecule is Cc1cc2c(Br)cccc2c(N2CCC(N)CC2)n1. The summed E-state index contributed by atoms with van der Waals surface area (Å²) in [6.07, 6.45) is 2.09. The minimum Gasteiger partial charge on any atom is -0.356 e. The number of piperidine rings is 1. The number of rotatable bonds is 1. The lowest BCUT2D eigenvalue weighted by molar-refractivity contribution is 0.499. The van der Waals surface area contributed by atoms with Gasteiger partial charge in [-0.1, -0.05) is 28.1 Å². The molecule has 2 aromatic rings. The number of nitrogens with two attached hydrogens (primary N) is 1. The third kappa shape index (κ3) is 2.47. The molecule has 19 heavy (non-hydrogen) atoms. The Bertz CT molecular complexity index is 604. The van der Waals surface area contributed by atoms with Crippen LogP contribution in [0, 0.1) is 6.92 Å². The molecule has 100 valence electrons. The number of pyridine rings is 1. The molecule has 0 atom stereocenters. The smallest absolute Gasteiger partial charge is 0.136 e. The molecule has 0 unspecified atom stereocenters. The van der Waals surface area contributed by atoms with Crippen molar-refractivity contribution >= 4 is 32.5 Å². The predicted octanol–water partition coefficient (Wildman–Crippen LogP) is 3.23. The van der Waals surface area contributed by atoms with E-state index in [4.69, 9.17) is 10.7 Å². The number of hydrogen-bond donors (Lipinski definition) is 1. The number of benzene rings is 1. The van der Waals surface area contributed by atoms with Gasteiger partial charge >= 0.3 is 0 Å². The molecule has 0 bridgehead atoms. The molecule has 4 heteroatoms. The maximum Gasteiger partial charge on any atom is 0.136 e. The largest absolute Gasteiger partial charge is 0.356 e. The van der Waals surface area contributed by atoms with Crippen molar-refractivity contribution in [2.75, 3.05) is 18.0 Å². The van der Waals surface area contributed by atoms with E-state index in [0.717, 1.165) is 41.9 Å². The lowest BCUT2D eigenvalue weighted by Gasteiger charge is -2.32. The highest BCUT2D eigenvalue weighted by atomic mass is 79.9. The molecule has 3 rings (SSSR count). The van der Waals surface area contributed by atoms with Crippen LogP contribution < -0.4 is 10.6 Å². The third-order valence-corrected chi connectivity index (χ3v) is 4.46. The van der Waals surface area contributed by atoms with Crippen LogP contribution in [0.3, 0.4) is 0 Å². The number of aryl methyl sites for hydroxylation is 1. The van der Waals surface area contributed by atoms with Gasteiger partial charge in [0.2, 0.25) is 0 Å². The summed E-state index contributed by atoms with van der Waals surface area (Å²) >= 11 is 3.63. The van der Waals surface area contributed by atoms with Crippen molar-refractivity contribution in [1.82, 2.24) is 4.98 Å². The van der Waals surface area contributed by atoms with Gasteiger partial charge in [0.1, 0.15) is 5.82 Å². The van der Waals surface area contributed by atoms with Crippen molar-refractivity contribution in [1.29, 1.82) is 0 Å². The molecular weight excluding hydrogens is 302 g/mol. The minimum atomic E-state index is 0.346. The second-order valence-corrected chi connectivity index (χ2v) is 6.10. The van der Waals surface area contributed by atoms with Gasteiger partial charge in [-0.15, -0.1) is 0 Å². The van der Waals surface area contributed by atoms with E-state index in [2.05, 4.69) is 52.0 Å². The van der Waals surface area contributed by atoms with Gasteiger partial charge in [-0.25, -0.2) is 4.98 Å². The van der Waals surface area contributed by atoms with Crippen LogP contribution in [0.5, 0.6) is 0 Å². The molecule has 1 aliphatic heterocycles. The Morgan fingerprint density at radius 2 is 2.00 bits per heavy atom. The highest BCUT2D eigenvalue weighted by Crippen LogP contribution is 2.32. The van der Waals surface area contributed by atoms with E-state index < -0.39 is 0 Å². The zero-order valence-electron chi connectivity index (χ0n) is 11.1. The number of halogens is 1. The van der Waals surface area contributed by atoms with Gasteiger partial charge in [0.15, 0.2) is 0 Å². The van der Waals surface area contributed by atoms with E-state index >= 15 is 0 Å². The summed E-state index contributed by atoms with van der Waals surface area (Å²) in [5, 5.41) is 2.45. The van der Waals surface area contributed by atoms with Crippen LogP contribution >= 0.6 is 15.9 Å². The highest BCUT2D eigenvalue weighted by molar-refractivity contribution is 9.10. The molecule has 1 aromatic heterocycles. The maximum absolute atomic E-state index is 5.99. The summed E-state index contributed by atoms with van der Waals surface area (Å²) < 4.78 is 1.13. The van der Waals surface area contributed by atoms with E-state index in [9.17, 15) is 0 Å². The number of fused-ring (bicyclic) bond motifs is 1. The molecule has 2 N–H and O–H groups in total. The Balaban J connectivity index is 2.10. The summed E-state index contributed by atoms with van der Waals surface area (Å²) in [5.74, 6) is 1.10. The Morgan fingerprint density at radius 3 is 2.74 bits per heavy atom. The summed E-state index contributed by atoms with van der Waals surface area (Å²) in [6.45, 7) is 4.05. The molecule has 1 saturated heterocycles. The molecule has 1 aliphatic rings. The zero-order chi connectivity index (χ0) is 13.4. The molecule has 0 aliphatic carbocycles. The van der Waals surface area contributed by atoms with Crippen LogP contribution in [0.15, 0.2) is 28.7 Å². The van der Waals surface area contributed by atoms with Crippen molar-refractivity contribution < 1.29 is 0 Å². The summed E-state index contributed by atoms with van der Waals surface area (Å²) in [4.78, 5) is 7.12. The number of nitrogens with zero attached hydrogens (tertiary/aromatic N) is 2. The quantitative estimate of drug-likeness (QED) is 0.877. The fourth-order valence-electron chi connectivity index (χ4n) is 2.70. The Morgan fingerprint density at radius 1 is 1.26 bits per heavy atom. The van der Waals surface area contributed by atoms with E-state index in [1.807, 2.05) is 0 Å². The van der Waals surface area contributed by atoms with Crippen molar-refractivity contribution in [3.05, 3.63) is 34.4 Å². The Hall–Kier alpha value is -1.13. The zero-order valence-corrected chi connectivity index (χ0v) is 12.7. The Kier molecular flexibility index (Phi) is 3.46. The predicted molar refractivity (Wildman–Crippen MR) is 83.6 cm³/mol. The number of aromatic nitrogens is 1. The van der Waals surface area contributed by atoms with Crippen LogP contribution in [0.1, 0.15) is 18.5 Å². The van der Waals surface area contributed by atoms with Gasteiger partial charge in [0.25, 0.3) is 0 Å². The van der Waals surface area contributed by atoms with Crippen LogP contribution in [0.2, 0.25) is 0 Å². The normalized spacial score (nSPS) is 17.1. The first-order valence-corrected chi connectivity index (χ1v) is 7.51. The lowest BCUT2D eigenvalue weighted by Crippen LogP contribution is -2.40. The van der Waals surface area contributed by atoms with Gasteiger partial charge in [-0.05, 0) is 31.9 Å². The van der Waals surface area contributed by atoms with Gasteiger partial charge in [0, 0.05) is 40.1 Å². The van der Waals surface area contributed by atoms with Crippen molar-refractivity contribution in [2.24, 2.45) is 5.73 Å². The fourth-order valence-corrected chi connectivity index (χ4v) is 3.18.